The van der Waals surface area contributed by atoms with Gasteiger partial charge in [-0.25, -0.2) is 0 Å². The maximum absolute atomic E-state index is 2.33. The Morgan fingerprint density at radius 2 is 1.50 bits per heavy atom. The molecule has 0 unspecified atom stereocenters. The fourth-order valence-electron chi connectivity index (χ4n) is 4.12. The molecular formula is C20H24. The molecule has 2 aromatic rings. The first-order valence-corrected chi connectivity index (χ1v) is 7.97. The Labute approximate surface area is 122 Å². The van der Waals surface area contributed by atoms with Gasteiger partial charge in [-0.1, -0.05) is 45.0 Å². The molecular weight excluding hydrogens is 240 g/mol. The quantitative estimate of drug-likeness (QED) is 0.606. The van der Waals surface area contributed by atoms with Crippen LogP contribution in [0.15, 0.2) is 24.3 Å². The summed E-state index contributed by atoms with van der Waals surface area (Å²) in [6.07, 6.45) is 4.60. The molecule has 0 N–H and O–H groups in total. The van der Waals surface area contributed by atoms with Crippen LogP contribution in [0.5, 0.6) is 0 Å². The van der Waals surface area contributed by atoms with Crippen molar-refractivity contribution in [1.29, 1.82) is 0 Å². The lowest BCUT2D eigenvalue weighted by molar-refractivity contribution is 0.951. The second-order valence-corrected chi connectivity index (χ2v) is 5.81. The Balaban J connectivity index is 2.38. The minimum Gasteiger partial charge on any atom is -0.0619 e. The second kappa shape index (κ2) is 5.09. The first-order chi connectivity index (χ1) is 9.72. The summed E-state index contributed by atoms with van der Waals surface area (Å²) in [5.74, 6) is 0. The summed E-state index contributed by atoms with van der Waals surface area (Å²) >= 11 is 0. The van der Waals surface area contributed by atoms with Crippen LogP contribution in [0, 0.1) is 6.92 Å². The van der Waals surface area contributed by atoms with Gasteiger partial charge in [-0.15, -0.1) is 0 Å². The highest BCUT2D eigenvalue weighted by atomic mass is 14.3. The molecule has 104 valence electrons. The summed E-state index contributed by atoms with van der Waals surface area (Å²) in [5.41, 5.74) is 12.5. The molecule has 0 bridgehead atoms. The third kappa shape index (κ3) is 1.74. The van der Waals surface area contributed by atoms with Crippen molar-refractivity contribution in [2.75, 3.05) is 0 Å². The van der Waals surface area contributed by atoms with E-state index >= 15 is 0 Å². The molecule has 0 heterocycles. The number of fused-ring (bicyclic) bond motifs is 3. The molecule has 3 rings (SSSR count). The first-order valence-electron chi connectivity index (χ1n) is 7.97. The molecule has 0 saturated heterocycles. The van der Waals surface area contributed by atoms with Gasteiger partial charge in [0.05, 0.1) is 0 Å². The number of hydrogen-bond acceptors (Lipinski definition) is 0. The SMILES string of the molecule is CCc1c(C)c2c(c(CC)c1CC)Cc1ccccc1-2. The zero-order chi connectivity index (χ0) is 14.3. The largest absolute Gasteiger partial charge is 0.0619 e. The molecule has 0 nitrogen and oxygen atoms in total. The van der Waals surface area contributed by atoms with Gasteiger partial charge in [0, 0.05) is 0 Å². The molecule has 0 spiro atoms. The summed E-state index contributed by atoms with van der Waals surface area (Å²) in [6.45, 7) is 9.25. The highest BCUT2D eigenvalue weighted by molar-refractivity contribution is 5.82. The van der Waals surface area contributed by atoms with E-state index < -0.39 is 0 Å². The van der Waals surface area contributed by atoms with E-state index in [1.807, 2.05) is 0 Å². The lowest BCUT2D eigenvalue weighted by Crippen LogP contribution is -2.06. The Morgan fingerprint density at radius 1 is 0.850 bits per heavy atom. The molecule has 0 saturated carbocycles. The van der Waals surface area contributed by atoms with Crippen molar-refractivity contribution in [2.45, 2.75) is 53.4 Å². The van der Waals surface area contributed by atoms with E-state index in [1.165, 1.54) is 16.7 Å². The van der Waals surface area contributed by atoms with Crippen LogP contribution in [0.1, 0.15) is 54.2 Å². The third-order valence-electron chi connectivity index (χ3n) is 4.94. The minimum absolute atomic E-state index is 1.13. The van der Waals surface area contributed by atoms with Gasteiger partial charge in [0.2, 0.25) is 0 Å². The van der Waals surface area contributed by atoms with Gasteiger partial charge in [0.25, 0.3) is 0 Å². The molecule has 0 radical (unpaired) electrons. The van der Waals surface area contributed by atoms with E-state index in [0.29, 0.717) is 0 Å². The summed E-state index contributed by atoms with van der Waals surface area (Å²) in [7, 11) is 0. The lowest BCUT2D eigenvalue weighted by atomic mass is 9.84. The van der Waals surface area contributed by atoms with Crippen LogP contribution in [0.4, 0.5) is 0 Å². The van der Waals surface area contributed by atoms with Crippen molar-refractivity contribution in [1.82, 2.24) is 0 Å². The minimum atomic E-state index is 1.13. The highest BCUT2D eigenvalue weighted by Crippen LogP contribution is 2.43. The van der Waals surface area contributed by atoms with E-state index in [-0.39, 0.29) is 0 Å². The summed E-state index contributed by atoms with van der Waals surface area (Å²) in [5, 5.41) is 0. The highest BCUT2D eigenvalue weighted by Gasteiger charge is 2.26. The Kier molecular flexibility index (Phi) is 3.41. The summed E-state index contributed by atoms with van der Waals surface area (Å²) in [4.78, 5) is 0. The van der Waals surface area contributed by atoms with Crippen molar-refractivity contribution >= 4 is 0 Å². The molecule has 1 aliphatic carbocycles. The molecule has 0 aliphatic heterocycles. The maximum atomic E-state index is 2.33. The van der Waals surface area contributed by atoms with Crippen molar-refractivity contribution in [3.05, 3.63) is 57.6 Å². The van der Waals surface area contributed by atoms with Gasteiger partial charge in [0.1, 0.15) is 0 Å². The maximum Gasteiger partial charge on any atom is -0.00105 e. The molecule has 0 atom stereocenters. The topological polar surface area (TPSA) is 0 Å². The second-order valence-electron chi connectivity index (χ2n) is 5.81. The summed E-state index contributed by atoms with van der Waals surface area (Å²) in [6, 6.07) is 8.95. The molecule has 0 heteroatoms. The van der Waals surface area contributed by atoms with Crippen LogP contribution in [-0.4, -0.2) is 0 Å². The smallest absolute Gasteiger partial charge is 0.00105 e. The number of hydrogen-bond donors (Lipinski definition) is 0. The van der Waals surface area contributed by atoms with Crippen LogP contribution in [-0.2, 0) is 25.7 Å². The van der Waals surface area contributed by atoms with Crippen molar-refractivity contribution in [2.24, 2.45) is 0 Å². The van der Waals surface area contributed by atoms with Gasteiger partial charge in [-0.05, 0) is 77.1 Å². The van der Waals surface area contributed by atoms with E-state index in [9.17, 15) is 0 Å². The molecule has 20 heavy (non-hydrogen) atoms. The van der Waals surface area contributed by atoms with Gasteiger partial charge in [-0.2, -0.15) is 0 Å². The fraction of sp³-hybridized carbons (Fsp3) is 0.400. The average molecular weight is 264 g/mol. The monoisotopic (exact) mass is 264 g/mol. The lowest BCUT2D eigenvalue weighted by Gasteiger charge is -2.21. The predicted octanol–water partition coefficient (Wildman–Crippen LogP) is 5.25. The van der Waals surface area contributed by atoms with E-state index in [2.05, 4.69) is 52.0 Å². The van der Waals surface area contributed by atoms with Crippen molar-refractivity contribution in [3.8, 4) is 11.1 Å². The van der Waals surface area contributed by atoms with Crippen molar-refractivity contribution in [3.63, 3.8) is 0 Å². The summed E-state index contributed by atoms with van der Waals surface area (Å²) < 4.78 is 0. The van der Waals surface area contributed by atoms with Crippen LogP contribution >= 0.6 is 0 Å². The fourth-order valence-corrected chi connectivity index (χ4v) is 4.12. The van der Waals surface area contributed by atoms with Gasteiger partial charge in [-0.3, -0.25) is 0 Å². The van der Waals surface area contributed by atoms with E-state index in [1.54, 1.807) is 27.8 Å². The first kappa shape index (κ1) is 13.4. The van der Waals surface area contributed by atoms with Crippen molar-refractivity contribution < 1.29 is 0 Å². The predicted molar refractivity (Wildman–Crippen MR) is 87.6 cm³/mol. The zero-order valence-electron chi connectivity index (χ0n) is 13.1. The Hall–Kier alpha value is -1.56. The van der Waals surface area contributed by atoms with E-state index in [0.717, 1.165) is 25.7 Å². The third-order valence-corrected chi connectivity index (χ3v) is 4.94. The van der Waals surface area contributed by atoms with Crippen LogP contribution in [0.2, 0.25) is 0 Å². The van der Waals surface area contributed by atoms with Gasteiger partial charge in [0.15, 0.2) is 0 Å². The van der Waals surface area contributed by atoms with Crippen LogP contribution in [0.25, 0.3) is 11.1 Å². The molecule has 0 aromatic heterocycles. The standard InChI is InChI=1S/C20H24/c1-5-15-13(4)20-18-11-9-8-10-14(18)12-19(20)17(7-3)16(15)6-2/h8-11H,5-7,12H2,1-4H3. The normalized spacial score (nSPS) is 12.4. The molecule has 0 amide bonds. The van der Waals surface area contributed by atoms with Gasteiger partial charge < -0.3 is 0 Å². The van der Waals surface area contributed by atoms with Crippen LogP contribution in [0.3, 0.4) is 0 Å². The Bertz CT molecular complexity index is 662. The molecule has 2 aromatic carbocycles. The zero-order valence-corrected chi connectivity index (χ0v) is 13.1. The molecule has 1 aliphatic rings. The van der Waals surface area contributed by atoms with Crippen LogP contribution < -0.4 is 0 Å². The number of rotatable bonds is 3. The van der Waals surface area contributed by atoms with Gasteiger partial charge >= 0.3 is 0 Å². The Morgan fingerprint density at radius 3 is 2.15 bits per heavy atom. The number of benzene rings is 2. The molecule has 0 fully saturated rings. The average Bonchev–Trinajstić information content (AvgIpc) is 2.86. The van der Waals surface area contributed by atoms with E-state index in [4.69, 9.17) is 0 Å².